The van der Waals surface area contributed by atoms with Gasteiger partial charge < -0.3 is 9.64 Å². The first-order valence-electron chi connectivity index (χ1n) is 6.09. The number of anilines is 1. The van der Waals surface area contributed by atoms with Crippen LogP contribution >= 0.6 is 11.6 Å². The van der Waals surface area contributed by atoms with E-state index in [1.54, 1.807) is 0 Å². The van der Waals surface area contributed by atoms with Crippen LogP contribution in [0.4, 0.5) is 5.69 Å². The minimum Gasteiger partial charge on any atom is -0.381 e. The molecule has 17 heavy (non-hydrogen) atoms. The van der Waals surface area contributed by atoms with Crippen LogP contribution in [0.25, 0.3) is 0 Å². The third kappa shape index (κ3) is 3.58. The van der Waals surface area contributed by atoms with Gasteiger partial charge in [-0.3, -0.25) is 4.98 Å². The highest BCUT2D eigenvalue weighted by atomic mass is 35.5. The van der Waals surface area contributed by atoms with Gasteiger partial charge in [0.05, 0.1) is 18.2 Å². The average Bonchev–Trinajstić information content (AvgIpc) is 2.40. The van der Waals surface area contributed by atoms with Gasteiger partial charge in [-0.2, -0.15) is 0 Å². The van der Waals surface area contributed by atoms with Crippen LogP contribution in [0.2, 0.25) is 0 Å². The summed E-state index contributed by atoms with van der Waals surface area (Å²) in [4.78, 5) is 6.46. The summed E-state index contributed by atoms with van der Waals surface area (Å²) >= 11 is 5.79. The summed E-state index contributed by atoms with van der Waals surface area (Å²) in [6.07, 6.45) is 4.26. The predicted octanol–water partition coefficient (Wildman–Crippen LogP) is 2.68. The SMILES string of the molecule is CN(CC1CCCOC1)c1ccnc(CCl)c1. The van der Waals surface area contributed by atoms with Crippen LogP contribution in [-0.2, 0) is 10.6 Å². The maximum Gasteiger partial charge on any atom is 0.0648 e. The Labute approximate surface area is 108 Å². The summed E-state index contributed by atoms with van der Waals surface area (Å²) in [5, 5.41) is 0. The van der Waals surface area contributed by atoms with Gasteiger partial charge in [-0.25, -0.2) is 0 Å². The Kier molecular flexibility index (Phi) is 4.63. The van der Waals surface area contributed by atoms with Crippen molar-refractivity contribution in [3.8, 4) is 0 Å². The molecule has 0 saturated carbocycles. The lowest BCUT2D eigenvalue weighted by Crippen LogP contribution is -2.30. The van der Waals surface area contributed by atoms with Crippen molar-refractivity contribution in [3.63, 3.8) is 0 Å². The molecule has 2 rings (SSSR count). The van der Waals surface area contributed by atoms with E-state index in [1.807, 2.05) is 12.3 Å². The lowest BCUT2D eigenvalue weighted by atomic mass is 10.0. The van der Waals surface area contributed by atoms with E-state index in [0.717, 1.165) is 25.5 Å². The largest absolute Gasteiger partial charge is 0.381 e. The maximum absolute atomic E-state index is 5.79. The summed E-state index contributed by atoms with van der Waals surface area (Å²) in [5.41, 5.74) is 2.11. The molecule has 2 heterocycles. The molecule has 0 aromatic carbocycles. The Morgan fingerprint density at radius 1 is 1.59 bits per heavy atom. The highest BCUT2D eigenvalue weighted by Gasteiger charge is 2.16. The molecular formula is C13H19ClN2O. The van der Waals surface area contributed by atoms with Gasteiger partial charge in [0.15, 0.2) is 0 Å². The molecule has 0 amide bonds. The monoisotopic (exact) mass is 254 g/mol. The van der Waals surface area contributed by atoms with Crippen LogP contribution in [0.15, 0.2) is 18.3 Å². The molecule has 1 unspecified atom stereocenters. The van der Waals surface area contributed by atoms with Crippen LogP contribution in [0, 0.1) is 5.92 Å². The van der Waals surface area contributed by atoms with Crippen LogP contribution < -0.4 is 4.90 Å². The Hall–Kier alpha value is -0.800. The van der Waals surface area contributed by atoms with Crippen molar-refractivity contribution in [1.82, 2.24) is 4.98 Å². The van der Waals surface area contributed by atoms with E-state index in [-0.39, 0.29) is 0 Å². The third-order valence-electron chi connectivity index (χ3n) is 3.16. The number of nitrogens with zero attached hydrogens (tertiary/aromatic N) is 2. The van der Waals surface area contributed by atoms with Gasteiger partial charge in [0.25, 0.3) is 0 Å². The fourth-order valence-corrected chi connectivity index (χ4v) is 2.37. The Balaban J connectivity index is 1.95. The van der Waals surface area contributed by atoms with Crippen LogP contribution in [0.5, 0.6) is 0 Å². The van der Waals surface area contributed by atoms with Gasteiger partial charge in [0.2, 0.25) is 0 Å². The van der Waals surface area contributed by atoms with Gasteiger partial charge in [0, 0.05) is 32.1 Å². The van der Waals surface area contributed by atoms with Crippen molar-refractivity contribution in [1.29, 1.82) is 0 Å². The van der Waals surface area contributed by atoms with Crippen molar-refractivity contribution in [2.45, 2.75) is 18.7 Å². The summed E-state index contributed by atoms with van der Waals surface area (Å²) in [5.74, 6) is 1.11. The van der Waals surface area contributed by atoms with Crippen molar-refractivity contribution in [3.05, 3.63) is 24.0 Å². The lowest BCUT2D eigenvalue weighted by Gasteiger charge is -2.28. The summed E-state index contributed by atoms with van der Waals surface area (Å²) in [7, 11) is 2.11. The summed E-state index contributed by atoms with van der Waals surface area (Å²) in [6.45, 7) is 2.84. The highest BCUT2D eigenvalue weighted by Crippen LogP contribution is 2.19. The Morgan fingerprint density at radius 3 is 3.18 bits per heavy atom. The number of halogens is 1. The number of ether oxygens (including phenoxy) is 1. The topological polar surface area (TPSA) is 25.4 Å². The molecule has 4 heteroatoms. The van der Waals surface area contributed by atoms with Gasteiger partial charge >= 0.3 is 0 Å². The Morgan fingerprint density at radius 2 is 2.47 bits per heavy atom. The van der Waals surface area contributed by atoms with Crippen molar-refractivity contribution in [2.24, 2.45) is 5.92 Å². The minimum atomic E-state index is 0.466. The van der Waals surface area contributed by atoms with Crippen LogP contribution in [0.1, 0.15) is 18.5 Å². The van der Waals surface area contributed by atoms with E-state index < -0.39 is 0 Å². The first-order chi connectivity index (χ1) is 8.29. The highest BCUT2D eigenvalue weighted by molar-refractivity contribution is 6.16. The second kappa shape index (κ2) is 6.22. The van der Waals surface area contributed by atoms with E-state index in [2.05, 4.69) is 23.0 Å². The standard InChI is InChI=1S/C13H19ClN2O/c1-16(9-11-3-2-6-17-10-11)13-4-5-15-12(7-13)8-14/h4-5,7,11H,2-3,6,8-10H2,1H3. The van der Waals surface area contributed by atoms with Crippen LogP contribution in [0.3, 0.4) is 0 Å². The van der Waals surface area contributed by atoms with E-state index in [0.29, 0.717) is 11.8 Å². The quantitative estimate of drug-likeness (QED) is 0.773. The first-order valence-corrected chi connectivity index (χ1v) is 6.63. The zero-order chi connectivity index (χ0) is 12.1. The van der Waals surface area contributed by atoms with Crippen molar-refractivity contribution in [2.75, 3.05) is 31.7 Å². The second-order valence-corrected chi connectivity index (χ2v) is 4.87. The molecule has 1 fully saturated rings. The lowest BCUT2D eigenvalue weighted by molar-refractivity contribution is 0.0576. The molecule has 0 radical (unpaired) electrons. The van der Waals surface area contributed by atoms with Gasteiger partial charge in [-0.05, 0) is 30.9 Å². The smallest absolute Gasteiger partial charge is 0.0648 e. The van der Waals surface area contributed by atoms with E-state index in [9.17, 15) is 0 Å². The van der Waals surface area contributed by atoms with Crippen molar-refractivity contribution < 1.29 is 4.74 Å². The van der Waals surface area contributed by atoms with E-state index in [1.165, 1.54) is 18.5 Å². The number of alkyl halides is 1. The maximum atomic E-state index is 5.79. The van der Waals surface area contributed by atoms with Gasteiger partial charge in [-0.15, -0.1) is 11.6 Å². The van der Waals surface area contributed by atoms with Crippen molar-refractivity contribution >= 4 is 17.3 Å². The molecule has 0 spiro atoms. The molecule has 1 atom stereocenters. The second-order valence-electron chi connectivity index (χ2n) is 4.60. The minimum absolute atomic E-state index is 0.466. The molecule has 1 aromatic heterocycles. The molecule has 1 aliphatic heterocycles. The molecule has 0 bridgehead atoms. The predicted molar refractivity (Wildman–Crippen MR) is 70.6 cm³/mol. The van der Waals surface area contributed by atoms with E-state index >= 15 is 0 Å². The third-order valence-corrected chi connectivity index (χ3v) is 3.44. The zero-order valence-electron chi connectivity index (χ0n) is 10.2. The summed E-state index contributed by atoms with van der Waals surface area (Å²) in [6, 6.07) is 4.08. The average molecular weight is 255 g/mol. The fraction of sp³-hybridized carbons (Fsp3) is 0.615. The number of rotatable bonds is 4. The molecule has 3 nitrogen and oxygen atoms in total. The van der Waals surface area contributed by atoms with Crippen LogP contribution in [-0.4, -0.2) is 31.8 Å². The molecule has 1 aromatic rings. The van der Waals surface area contributed by atoms with Gasteiger partial charge in [-0.1, -0.05) is 0 Å². The molecular weight excluding hydrogens is 236 g/mol. The number of hydrogen-bond acceptors (Lipinski definition) is 3. The molecule has 1 saturated heterocycles. The van der Waals surface area contributed by atoms with Gasteiger partial charge in [0.1, 0.15) is 0 Å². The molecule has 0 N–H and O–H groups in total. The molecule has 1 aliphatic rings. The summed E-state index contributed by atoms with van der Waals surface area (Å²) < 4.78 is 5.50. The Bertz CT molecular complexity index is 353. The number of aromatic nitrogens is 1. The number of hydrogen-bond donors (Lipinski definition) is 0. The molecule has 94 valence electrons. The normalized spacial score (nSPS) is 20.2. The zero-order valence-corrected chi connectivity index (χ0v) is 11.0. The number of pyridine rings is 1. The fourth-order valence-electron chi connectivity index (χ4n) is 2.22. The molecule has 0 aliphatic carbocycles. The first kappa shape index (κ1) is 12.7. The van der Waals surface area contributed by atoms with E-state index in [4.69, 9.17) is 16.3 Å².